The quantitative estimate of drug-likeness (QED) is 0.612. The average molecular weight is 423 g/mol. The van der Waals surface area contributed by atoms with Gasteiger partial charge in [0.2, 0.25) is 0 Å². The molecule has 0 unspecified atom stereocenters. The van der Waals surface area contributed by atoms with E-state index in [0.717, 1.165) is 38.6 Å². The van der Waals surface area contributed by atoms with Crippen LogP contribution in [0.15, 0.2) is 71.6 Å². The molecular weight excluding hydrogens is 404 g/mol. The molecule has 0 atom stereocenters. The fraction of sp³-hybridized carbons (Fsp3) is 0.100. The number of hydrogen-bond acceptors (Lipinski definition) is 7. The lowest BCUT2D eigenvalue weighted by Crippen LogP contribution is -2.58. The molecule has 0 aliphatic carbocycles. The average Bonchev–Trinajstić information content (AvgIpc) is 2.67. The van der Waals surface area contributed by atoms with E-state index in [2.05, 4.69) is 43.0 Å². The van der Waals surface area contributed by atoms with Gasteiger partial charge in [-0.3, -0.25) is 0 Å². The highest BCUT2D eigenvalue weighted by atomic mass is 35.7. The molecule has 0 heterocycles. The van der Waals surface area contributed by atoms with Crippen LogP contribution in [0.2, 0.25) is 0 Å². The van der Waals surface area contributed by atoms with E-state index in [1.807, 2.05) is 36.4 Å². The van der Waals surface area contributed by atoms with Crippen molar-refractivity contribution < 1.29 is 38.4 Å². The lowest BCUT2D eigenvalue weighted by Gasteiger charge is -2.14. The number of rotatable bonds is 4. The van der Waals surface area contributed by atoms with Crippen molar-refractivity contribution in [3.8, 4) is 33.8 Å². The van der Waals surface area contributed by atoms with Crippen molar-refractivity contribution in [2.45, 2.75) is 4.90 Å². The summed E-state index contributed by atoms with van der Waals surface area (Å²) in [6, 6.07) is 22.3. The van der Waals surface area contributed by atoms with Crippen LogP contribution in [0.1, 0.15) is 0 Å². The van der Waals surface area contributed by atoms with E-state index in [0.29, 0.717) is 0 Å². The van der Waals surface area contributed by atoms with E-state index < -0.39 is 10.2 Å². The van der Waals surface area contributed by atoms with Crippen molar-refractivity contribution in [1.29, 1.82) is 0 Å². The molecule has 28 heavy (non-hydrogen) atoms. The predicted octanol–water partition coefficient (Wildman–Crippen LogP) is 1.20. The van der Waals surface area contributed by atoms with Crippen molar-refractivity contribution in [3.63, 3.8) is 0 Å². The molecule has 0 saturated carbocycles. The van der Waals surface area contributed by atoms with Crippen molar-refractivity contribution in [2.75, 3.05) is 14.2 Å². The summed E-state index contributed by atoms with van der Waals surface area (Å²) in [5, 5.41) is 0. The number of benzene rings is 3. The highest BCUT2D eigenvalue weighted by Crippen LogP contribution is 2.37. The van der Waals surface area contributed by atoms with Gasteiger partial charge in [-0.15, -0.1) is 12.6 Å². The minimum atomic E-state index is -4.69. The summed E-state index contributed by atoms with van der Waals surface area (Å²) in [5.41, 5.74) is 4.50. The second-order valence-electron chi connectivity index (χ2n) is 5.55. The van der Waals surface area contributed by atoms with Crippen LogP contribution in [0.3, 0.4) is 0 Å². The fourth-order valence-electron chi connectivity index (χ4n) is 2.61. The lowest BCUT2D eigenvalue weighted by atomic mass is 9.94. The van der Waals surface area contributed by atoms with Crippen LogP contribution in [0.4, 0.5) is 0 Å². The molecular formula is C20H19ClO6S. The van der Waals surface area contributed by atoms with E-state index in [4.69, 9.17) is 28.1 Å². The van der Waals surface area contributed by atoms with Crippen LogP contribution in [0.5, 0.6) is 11.5 Å². The minimum absolute atomic E-state index is 0.844. The Kier molecular flexibility index (Phi) is 7.70. The van der Waals surface area contributed by atoms with Gasteiger partial charge >= 0.3 is 0 Å². The fourth-order valence-corrected chi connectivity index (χ4v) is 2.95. The van der Waals surface area contributed by atoms with Crippen LogP contribution >= 0.6 is 12.6 Å². The Hall–Kier alpha value is -2.26. The molecule has 3 aromatic rings. The van der Waals surface area contributed by atoms with Gasteiger partial charge in [-0.05, 0) is 47.0 Å². The SMILES string of the molecule is COc1ccc(-c2cccc(S)c2-c2ccc(OC)cc2)cc1.[O-][Cl+3]([O-])([O-])O. The van der Waals surface area contributed by atoms with E-state index in [-0.39, 0.29) is 0 Å². The van der Waals surface area contributed by atoms with Gasteiger partial charge in [0.15, 0.2) is 0 Å². The molecule has 0 aliphatic rings. The summed E-state index contributed by atoms with van der Waals surface area (Å²) in [6.45, 7) is 0. The van der Waals surface area contributed by atoms with Crippen LogP contribution in [0, 0.1) is 10.2 Å². The Morgan fingerprint density at radius 1 is 0.750 bits per heavy atom. The third-order valence-corrected chi connectivity index (χ3v) is 4.19. The Morgan fingerprint density at radius 2 is 1.18 bits per heavy atom. The summed E-state index contributed by atoms with van der Waals surface area (Å²) < 4.78 is 43.2. The van der Waals surface area contributed by atoms with Crippen molar-refractivity contribution in [2.24, 2.45) is 0 Å². The van der Waals surface area contributed by atoms with Crippen LogP contribution < -0.4 is 23.5 Å². The van der Waals surface area contributed by atoms with E-state index >= 15 is 0 Å². The number of thiol groups is 1. The molecule has 0 saturated heterocycles. The standard InChI is InChI=1S/C20H18O2S.ClHO4/c1-21-16-10-6-14(7-11-16)18-4-3-5-19(23)20(18)15-8-12-17(22-2)13-9-15;2-1(3,4)5/h3-13,23H,1-2H3;(H,2,3,4,5). The summed E-state index contributed by atoms with van der Waals surface area (Å²) in [5.74, 6) is 1.69. The zero-order valence-corrected chi connectivity index (χ0v) is 16.8. The van der Waals surface area contributed by atoms with E-state index in [1.54, 1.807) is 14.2 Å². The monoisotopic (exact) mass is 422 g/mol. The third kappa shape index (κ3) is 6.42. The second-order valence-corrected chi connectivity index (χ2v) is 6.83. The molecule has 1 N–H and O–H groups in total. The number of halogens is 1. The molecule has 0 spiro atoms. The Labute approximate surface area is 170 Å². The predicted molar refractivity (Wildman–Crippen MR) is 99.9 cm³/mol. The lowest BCUT2D eigenvalue weighted by molar-refractivity contribution is -1.92. The molecule has 148 valence electrons. The molecule has 8 heteroatoms. The zero-order valence-electron chi connectivity index (χ0n) is 15.2. The van der Waals surface area contributed by atoms with Gasteiger partial charge in [-0.1, -0.05) is 36.4 Å². The highest BCUT2D eigenvalue weighted by molar-refractivity contribution is 7.80. The Balaban J connectivity index is 0.000000500. The summed E-state index contributed by atoms with van der Waals surface area (Å²) in [7, 11) is -1.35. The minimum Gasteiger partial charge on any atom is -0.497 e. The van der Waals surface area contributed by atoms with Gasteiger partial charge in [0, 0.05) is 10.5 Å². The molecule has 0 aliphatic heterocycles. The molecule has 3 rings (SSSR count). The maximum Gasteiger partial charge on any atom is 0.118 e. The van der Waals surface area contributed by atoms with Crippen molar-refractivity contribution in [1.82, 2.24) is 0 Å². The largest absolute Gasteiger partial charge is 0.497 e. The zero-order chi connectivity index (χ0) is 20.7. The Morgan fingerprint density at radius 3 is 1.61 bits per heavy atom. The van der Waals surface area contributed by atoms with Gasteiger partial charge in [0.1, 0.15) is 11.5 Å². The number of methoxy groups -OCH3 is 2. The second kappa shape index (κ2) is 9.79. The molecule has 3 aromatic carbocycles. The maximum absolute atomic E-state index is 8.60. The third-order valence-electron chi connectivity index (χ3n) is 3.82. The van der Waals surface area contributed by atoms with Crippen LogP contribution in [0.25, 0.3) is 22.3 Å². The first-order valence-corrected chi connectivity index (χ1v) is 9.68. The number of ether oxygens (including phenoxy) is 2. The highest BCUT2D eigenvalue weighted by Gasteiger charge is 2.11. The maximum atomic E-state index is 8.60. The molecule has 0 radical (unpaired) electrons. The topological polar surface area (TPSA) is 108 Å². The van der Waals surface area contributed by atoms with Gasteiger partial charge in [-0.25, -0.2) is 0 Å². The molecule has 0 aromatic heterocycles. The summed E-state index contributed by atoms with van der Waals surface area (Å²) >= 11 is 4.66. The first kappa shape index (κ1) is 22.0. The van der Waals surface area contributed by atoms with Crippen molar-refractivity contribution >= 4 is 12.6 Å². The van der Waals surface area contributed by atoms with Crippen molar-refractivity contribution in [3.05, 3.63) is 66.7 Å². The molecule has 0 fully saturated rings. The first-order chi connectivity index (χ1) is 13.2. The first-order valence-electron chi connectivity index (χ1n) is 7.97. The van der Waals surface area contributed by atoms with Gasteiger partial charge in [0.25, 0.3) is 0 Å². The van der Waals surface area contributed by atoms with Gasteiger partial charge in [0.05, 0.1) is 29.1 Å². The Bertz CT molecular complexity index is 886. The normalized spacial score (nSPS) is 10.7. The van der Waals surface area contributed by atoms with Crippen LogP contribution in [-0.2, 0) is 0 Å². The molecule has 6 nitrogen and oxygen atoms in total. The smallest absolute Gasteiger partial charge is 0.118 e. The number of hydrogen-bond donors (Lipinski definition) is 2. The summed E-state index contributed by atoms with van der Waals surface area (Å²) in [4.78, 5) is 0.948. The molecule has 0 bridgehead atoms. The summed E-state index contributed by atoms with van der Waals surface area (Å²) in [6.07, 6.45) is 0. The van der Waals surface area contributed by atoms with E-state index in [9.17, 15) is 0 Å². The van der Waals surface area contributed by atoms with Gasteiger partial charge in [-0.2, -0.15) is 14.0 Å². The molecule has 0 amide bonds. The van der Waals surface area contributed by atoms with Gasteiger partial charge < -0.3 is 9.47 Å². The van der Waals surface area contributed by atoms with E-state index in [1.165, 1.54) is 0 Å². The van der Waals surface area contributed by atoms with Crippen LogP contribution in [-0.4, -0.2) is 18.9 Å².